The van der Waals surface area contributed by atoms with E-state index in [0.717, 1.165) is 45.4 Å². The number of rotatable bonds is 6. The van der Waals surface area contributed by atoms with Crippen LogP contribution in [0, 0.1) is 18.6 Å². The van der Waals surface area contributed by atoms with Crippen molar-refractivity contribution in [2.45, 2.75) is 20.0 Å². The van der Waals surface area contributed by atoms with Gasteiger partial charge in [0.2, 0.25) is 0 Å². The Morgan fingerprint density at radius 3 is 2.67 bits per heavy atom. The summed E-state index contributed by atoms with van der Waals surface area (Å²) in [7, 11) is 0. The van der Waals surface area contributed by atoms with Crippen LogP contribution in [0.2, 0.25) is 0 Å². The number of nitrogens with zero attached hydrogens (tertiary/aromatic N) is 4. The van der Waals surface area contributed by atoms with Gasteiger partial charge in [0, 0.05) is 36.1 Å². The van der Waals surface area contributed by atoms with Crippen LogP contribution in [0.25, 0.3) is 22.0 Å². The highest BCUT2D eigenvalue weighted by Gasteiger charge is 2.15. The highest BCUT2D eigenvalue weighted by Crippen LogP contribution is 2.29. The third-order valence-electron chi connectivity index (χ3n) is 5.86. The molecule has 0 atom stereocenters. The van der Waals surface area contributed by atoms with Gasteiger partial charge in [-0.2, -0.15) is 5.10 Å². The summed E-state index contributed by atoms with van der Waals surface area (Å²) in [6, 6.07) is 10.9. The molecule has 0 aliphatic heterocycles. The quantitative estimate of drug-likeness (QED) is 0.380. The molecule has 0 aliphatic carbocycles. The highest BCUT2D eigenvalue weighted by molar-refractivity contribution is 5.95. The van der Waals surface area contributed by atoms with E-state index >= 15 is 0 Å². The average Bonchev–Trinajstić information content (AvgIpc) is 3.31. The first-order chi connectivity index (χ1) is 17.4. The summed E-state index contributed by atoms with van der Waals surface area (Å²) in [5, 5.41) is 10.7. The summed E-state index contributed by atoms with van der Waals surface area (Å²) in [5.41, 5.74) is 4.02. The topological polar surface area (TPSA) is 106 Å². The largest absolute Gasteiger partial charge is 0.348 e. The van der Waals surface area contributed by atoms with Gasteiger partial charge in [-0.3, -0.25) is 24.2 Å². The molecule has 3 heterocycles. The summed E-state index contributed by atoms with van der Waals surface area (Å²) < 4.78 is 27.9. The normalized spacial score (nSPS) is 11.1. The molecule has 8 nitrogen and oxygen atoms in total. The van der Waals surface area contributed by atoms with Crippen molar-refractivity contribution in [3.05, 3.63) is 112 Å². The Hall–Kier alpha value is -4.73. The van der Waals surface area contributed by atoms with Gasteiger partial charge < -0.3 is 5.32 Å². The number of aromatic amines is 1. The first-order valence-corrected chi connectivity index (χ1v) is 11.1. The van der Waals surface area contributed by atoms with E-state index in [1.807, 2.05) is 37.4 Å². The van der Waals surface area contributed by atoms with E-state index in [-0.39, 0.29) is 18.7 Å². The molecule has 36 heavy (non-hydrogen) atoms. The number of aryl methyl sites for hydroxylation is 1. The number of fused-ring (bicyclic) bond motifs is 1. The zero-order valence-corrected chi connectivity index (χ0v) is 19.1. The molecule has 2 aromatic carbocycles. The summed E-state index contributed by atoms with van der Waals surface area (Å²) >= 11 is 0. The fourth-order valence-corrected chi connectivity index (χ4v) is 4.00. The van der Waals surface area contributed by atoms with E-state index in [9.17, 15) is 18.4 Å². The third-order valence-corrected chi connectivity index (χ3v) is 5.86. The number of hydrogen-bond acceptors (Lipinski definition) is 5. The first-order valence-electron chi connectivity index (χ1n) is 11.1. The lowest BCUT2D eigenvalue weighted by Gasteiger charge is -2.10. The Labute approximate surface area is 203 Å². The molecule has 3 aromatic heterocycles. The molecule has 1 amide bonds. The molecule has 0 saturated heterocycles. The van der Waals surface area contributed by atoms with Crippen LogP contribution in [-0.4, -0.2) is 30.6 Å². The lowest BCUT2D eigenvalue weighted by Crippen LogP contribution is -2.33. The van der Waals surface area contributed by atoms with Crippen molar-refractivity contribution in [2.24, 2.45) is 0 Å². The van der Waals surface area contributed by atoms with Gasteiger partial charge in [-0.05, 0) is 53.9 Å². The van der Waals surface area contributed by atoms with Crippen LogP contribution in [0.1, 0.15) is 27.2 Å². The van der Waals surface area contributed by atoms with Crippen LogP contribution in [0.5, 0.6) is 0 Å². The fourth-order valence-electron chi connectivity index (χ4n) is 4.00. The monoisotopic (exact) mass is 486 g/mol. The summed E-state index contributed by atoms with van der Waals surface area (Å²) in [6.07, 6.45) is 5.99. The van der Waals surface area contributed by atoms with Crippen molar-refractivity contribution in [2.75, 3.05) is 0 Å². The van der Waals surface area contributed by atoms with Gasteiger partial charge >= 0.3 is 0 Å². The number of hydrogen-bond donors (Lipinski definition) is 2. The Balaban J connectivity index is 1.36. The van der Waals surface area contributed by atoms with Crippen LogP contribution < -0.4 is 10.9 Å². The van der Waals surface area contributed by atoms with Crippen LogP contribution in [0.3, 0.4) is 0 Å². The minimum atomic E-state index is -1.01. The summed E-state index contributed by atoms with van der Waals surface area (Å²) in [6.45, 7) is 2.03. The molecule has 0 saturated carbocycles. The second-order valence-corrected chi connectivity index (χ2v) is 8.27. The number of H-pyrrole nitrogens is 1. The van der Waals surface area contributed by atoms with Crippen LogP contribution in [0.15, 0.2) is 72.2 Å². The van der Waals surface area contributed by atoms with E-state index in [1.165, 1.54) is 23.2 Å². The maximum absolute atomic E-state index is 13.5. The molecule has 0 radical (unpaired) electrons. The Morgan fingerprint density at radius 2 is 1.89 bits per heavy atom. The molecular weight excluding hydrogens is 466 g/mol. The van der Waals surface area contributed by atoms with Gasteiger partial charge in [0.15, 0.2) is 11.6 Å². The number of halogens is 2. The van der Waals surface area contributed by atoms with Gasteiger partial charge in [0.05, 0.1) is 24.1 Å². The number of aromatic nitrogens is 5. The number of carbonyl (C=O) groups is 1. The van der Waals surface area contributed by atoms with E-state index in [4.69, 9.17) is 0 Å². The number of benzene rings is 2. The minimum absolute atomic E-state index is 0.0575. The van der Waals surface area contributed by atoms with Gasteiger partial charge in [0.1, 0.15) is 5.56 Å². The standard InChI is InChI=1S/C26H20F2N6O2/c1-15-20(12-32-33-15)18-6-7-30-24-5-3-16(8-19(18)24)10-31-25(35)21-11-29-14-34(26(21)36)13-17-2-4-22(27)23(28)9-17/h2-9,11-12,14H,10,13H2,1H3,(H,31,35)(H,32,33). The van der Waals surface area contributed by atoms with Gasteiger partial charge in [0.25, 0.3) is 11.5 Å². The second-order valence-electron chi connectivity index (χ2n) is 8.27. The lowest BCUT2D eigenvalue weighted by molar-refractivity contribution is 0.0948. The second kappa shape index (κ2) is 9.49. The van der Waals surface area contributed by atoms with Gasteiger partial charge in [-0.1, -0.05) is 12.1 Å². The van der Waals surface area contributed by atoms with Gasteiger partial charge in [-0.15, -0.1) is 0 Å². The smallest absolute Gasteiger partial charge is 0.266 e. The van der Waals surface area contributed by atoms with E-state index in [2.05, 4.69) is 25.5 Å². The van der Waals surface area contributed by atoms with Crippen molar-refractivity contribution < 1.29 is 13.6 Å². The predicted molar refractivity (Wildman–Crippen MR) is 129 cm³/mol. The van der Waals surface area contributed by atoms with Crippen LogP contribution in [-0.2, 0) is 13.1 Å². The molecule has 0 aliphatic rings. The highest BCUT2D eigenvalue weighted by atomic mass is 19.2. The maximum Gasteiger partial charge on any atom is 0.266 e. The summed E-state index contributed by atoms with van der Waals surface area (Å²) in [5.74, 6) is -2.59. The summed E-state index contributed by atoms with van der Waals surface area (Å²) in [4.78, 5) is 34.0. The van der Waals surface area contributed by atoms with Crippen molar-refractivity contribution in [3.63, 3.8) is 0 Å². The molecule has 5 aromatic rings. The van der Waals surface area contributed by atoms with Crippen molar-refractivity contribution in [3.8, 4) is 11.1 Å². The van der Waals surface area contributed by atoms with Crippen molar-refractivity contribution in [1.29, 1.82) is 0 Å². The number of pyridine rings is 1. The minimum Gasteiger partial charge on any atom is -0.348 e. The van der Waals surface area contributed by atoms with E-state index in [1.54, 1.807) is 6.20 Å². The molecular formula is C26H20F2N6O2. The maximum atomic E-state index is 13.5. The van der Waals surface area contributed by atoms with Crippen molar-refractivity contribution in [1.82, 2.24) is 30.0 Å². The Kier molecular flexibility index (Phi) is 6.07. The average molecular weight is 486 g/mol. The zero-order chi connectivity index (χ0) is 25.2. The molecule has 10 heteroatoms. The fraction of sp³-hybridized carbons (Fsp3) is 0.115. The molecule has 5 rings (SSSR count). The number of nitrogens with one attached hydrogen (secondary N) is 2. The van der Waals surface area contributed by atoms with Crippen molar-refractivity contribution >= 4 is 16.8 Å². The Bertz CT molecular complexity index is 1660. The Morgan fingerprint density at radius 1 is 1.06 bits per heavy atom. The molecule has 180 valence electrons. The molecule has 0 fully saturated rings. The van der Waals surface area contributed by atoms with E-state index < -0.39 is 23.1 Å². The molecule has 0 spiro atoms. The van der Waals surface area contributed by atoms with Crippen LogP contribution in [0.4, 0.5) is 8.78 Å². The molecule has 0 bridgehead atoms. The number of amides is 1. The molecule has 0 unspecified atom stereocenters. The predicted octanol–water partition coefficient (Wildman–Crippen LogP) is 3.75. The first kappa shape index (κ1) is 23.0. The number of carbonyl (C=O) groups excluding carboxylic acids is 1. The zero-order valence-electron chi connectivity index (χ0n) is 19.1. The molecule has 2 N–H and O–H groups in total. The van der Waals surface area contributed by atoms with Crippen LogP contribution >= 0.6 is 0 Å². The third kappa shape index (κ3) is 4.48. The van der Waals surface area contributed by atoms with Gasteiger partial charge in [-0.25, -0.2) is 13.8 Å². The lowest BCUT2D eigenvalue weighted by atomic mass is 10.0. The van der Waals surface area contributed by atoms with E-state index in [0.29, 0.717) is 5.56 Å². The SMILES string of the molecule is Cc1n[nH]cc1-c1ccnc2ccc(CNC(=O)c3cncn(Cc4ccc(F)c(F)c4)c3=O)cc12.